The molecule has 0 unspecified atom stereocenters. The minimum absolute atomic E-state index is 0.181. The highest BCUT2D eigenvalue weighted by Crippen LogP contribution is 2.58. The number of aromatic hydroxyl groups is 5. The van der Waals surface area contributed by atoms with Gasteiger partial charge in [-0.3, -0.25) is 0 Å². The van der Waals surface area contributed by atoms with E-state index in [0.717, 1.165) is 65.4 Å². The maximum Gasteiger partial charge on any atom is 0.208 e. The maximum atomic E-state index is 11.1. The van der Waals surface area contributed by atoms with Gasteiger partial charge in [-0.1, -0.05) is 103 Å². The fourth-order valence-electron chi connectivity index (χ4n) is 7.19. The molecule has 0 aliphatic rings. The average molecular weight is 601 g/mol. The van der Waals surface area contributed by atoms with E-state index in [-0.39, 0.29) is 5.56 Å². The van der Waals surface area contributed by atoms with Gasteiger partial charge >= 0.3 is 0 Å². The standard InChI is InChI=1S/C40H24O6/c41-35-34(36(42)38(44)39(45)37(35)43)33-25-14-6-4-12-23(25)31(24-13-5-7-15-26(24)33)28-19-29-32-21-10-2-1-9-20(21)17-18-30(32)46-40(29)27-16-8-3-11-22(27)28/h1-19,41-45H. The Bertz CT molecular complexity index is 2670. The van der Waals surface area contributed by atoms with Crippen molar-refractivity contribution >= 4 is 65.0 Å². The Morgan fingerprint density at radius 2 is 0.848 bits per heavy atom. The minimum atomic E-state index is -0.997. The summed E-state index contributed by atoms with van der Waals surface area (Å²) < 4.78 is 6.55. The molecule has 0 bridgehead atoms. The summed E-state index contributed by atoms with van der Waals surface area (Å²) >= 11 is 0. The Labute approximate surface area is 260 Å². The van der Waals surface area contributed by atoms with Gasteiger partial charge in [0.05, 0.1) is 5.56 Å². The van der Waals surface area contributed by atoms with Gasteiger partial charge in [0.2, 0.25) is 17.2 Å². The molecular weight excluding hydrogens is 576 g/mol. The van der Waals surface area contributed by atoms with Crippen molar-refractivity contribution in [3.63, 3.8) is 0 Å². The summed E-state index contributed by atoms with van der Waals surface area (Å²) in [7, 11) is 0. The summed E-state index contributed by atoms with van der Waals surface area (Å²) in [5.74, 6) is -4.31. The second kappa shape index (κ2) is 9.30. The van der Waals surface area contributed by atoms with Crippen LogP contribution >= 0.6 is 0 Å². The number of hydrogen-bond donors (Lipinski definition) is 5. The quantitative estimate of drug-likeness (QED) is 0.0766. The zero-order valence-corrected chi connectivity index (χ0v) is 24.1. The summed E-state index contributed by atoms with van der Waals surface area (Å²) in [5, 5.41) is 62.5. The molecule has 0 saturated carbocycles. The van der Waals surface area contributed by atoms with Crippen LogP contribution in [0.4, 0.5) is 0 Å². The SMILES string of the molecule is Oc1c(O)c(O)c(-c2c3ccccc3c(-c3cc4c(oc5ccc6ccccc6c54)c4ccccc34)c3ccccc23)c(O)c1O. The van der Waals surface area contributed by atoms with Crippen LogP contribution in [0.25, 0.3) is 87.3 Å². The summed E-state index contributed by atoms with van der Waals surface area (Å²) in [6.07, 6.45) is 0. The molecule has 46 heavy (non-hydrogen) atoms. The zero-order valence-electron chi connectivity index (χ0n) is 24.1. The molecule has 9 aromatic rings. The van der Waals surface area contributed by atoms with Gasteiger partial charge in [-0.05, 0) is 61.0 Å². The first-order valence-electron chi connectivity index (χ1n) is 14.8. The lowest BCUT2D eigenvalue weighted by molar-refractivity contribution is 0.330. The van der Waals surface area contributed by atoms with E-state index in [1.807, 2.05) is 78.9 Å². The van der Waals surface area contributed by atoms with E-state index in [0.29, 0.717) is 16.3 Å². The van der Waals surface area contributed by atoms with E-state index in [4.69, 9.17) is 4.42 Å². The summed E-state index contributed by atoms with van der Waals surface area (Å²) in [6, 6.07) is 38.0. The largest absolute Gasteiger partial charge is 0.504 e. The second-order valence-electron chi connectivity index (χ2n) is 11.6. The molecule has 0 atom stereocenters. The Hall–Kier alpha value is -6.40. The number of rotatable bonds is 2. The van der Waals surface area contributed by atoms with Crippen LogP contribution in [0, 0.1) is 0 Å². The molecule has 220 valence electrons. The molecule has 0 spiro atoms. The number of fused-ring (bicyclic) bond motifs is 9. The van der Waals surface area contributed by atoms with Crippen molar-refractivity contribution in [1.82, 2.24) is 0 Å². The van der Waals surface area contributed by atoms with Crippen LogP contribution in [-0.4, -0.2) is 25.5 Å². The molecule has 0 saturated heterocycles. The molecule has 1 aromatic heterocycles. The van der Waals surface area contributed by atoms with E-state index in [1.54, 1.807) is 0 Å². The third-order valence-electron chi connectivity index (χ3n) is 9.19. The van der Waals surface area contributed by atoms with Gasteiger partial charge in [0, 0.05) is 21.7 Å². The van der Waals surface area contributed by atoms with Gasteiger partial charge in [-0.25, -0.2) is 0 Å². The molecule has 1 heterocycles. The molecule has 0 aliphatic heterocycles. The maximum absolute atomic E-state index is 11.1. The van der Waals surface area contributed by atoms with Crippen LogP contribution in [0.1, 0.15) is 0 Å². The Morgan fingerprint density at radius 1 is 0.370 bits per heavy atom. The summed E-state index contributed by atoms with van der Waals surface area (Å²) in [5.41, 5.74) is 3.75. The predicted octanol–water partition coefficient (Wildman–Crippen LogP) is 10.1. The van der Waals surface area contributed by atoms with Crippen molar-refractivity contribution in [1.29, 1.82) is 0 Å². The smallest absolute Gasteiger partial charge is 0.208 e. The molecule has 0 amide bonds. The van der Waals surface area contributed by atoms with Crippen LogP contribution in [0.3, 0.4) is 0 Å². The number of phenols is 5. The summed E-state index contributed by atoms with van der Waals surface area (Å²) in [4.78, 5) is 0. The van der Waals surface area contributed by atoms with Crippen LogP contribution in [0.5, 0.6) is 28.7 Å². The Kier molecular flexibility index (Phi) is 5.27. The lowest BCUT2D eigenvalue weighted by Crippen LogP contribution is -1.93. The first-order chi connectivity index (χ1) is 22.4. The number of benzene rings is 8. The van der Waals surface area contributed by atoms with Crippen molar-refractivity contribution in [3.8, 4) is 51.0 Å². The highest BCUT2D eigenvalue weighted by atomic mass is 16.4. The molecule has 0 aliphatic carbocycles. The molecule has 9 rings (SSSR count). The molecule has 5 N–H and O–H groups in total. The Balaban J connectivity index is 1.50. The van der Waals surface area contributed by atoms with Gasteiger partial charge in [-0.2, -0.15) is 0 Å². The molecule has 0 fully saturated rings. The van der Waals surface area contributed by atoms with Crippen molar-refractivity contribution in [2.75, 3.05) is 0 Å². The molecule has 6 nitrogen and oxygen atoms in total. The Morgan fingerprint density at radius 3 is 1.46 bits per heavy atom. The van der Waals surface area contributed by atoms with Crippen LogP contribution in [0.15, 0.2) is 120 Å². The van der Waals surface area contributed by atoms with Crippen LogP contribution < -0.4 is 0 Å². The molecule has 6 heteroatoms. The number of furan rings is 1. The highest BCUT2D eigenvalue weighted by Gasteiger charge is 2.28. The first kappa shape index (κ1) is 26.0. The van der Waals surface area contributed by atoms with Gasteiger partial charge in [0.1, 0.15) is 11.2 Å². The van der Waals surface area contributed by atoms with Gasteiger partial charge < -0.3 is 29.9 Å². The van der Waals surface area contributed by atoms with Gasteiger partial charge in [-0.15, -0.1) is 0 Å². The average Bonchev–Trinajstić information content (AvgIpc) is 3.49. The third kappa shape index (κ3) is 3.35. The fraction of sp³-hybridized carbons (Fsp3) is 0. The minimum Gasteiger partial charge on any atom is -0.504 e. The summed E-state index contributed by atoms with van der Waals surface area (Å²) in [6.45, 7) is 0. The van der Waals surface area contributed by atoms with Crippen molar-refractivity contribution in [2.45, 2.75) is 0 Å². The van der Waals surface area contributed by atoms with E-state index in [2.05, 4.69) is 36.4 Å². The van der Waals surface area contributed by atoms with E-state index in [9.17, 15) is 25.5 Å². The van der Waals surface area contributed by atoms with E-state index >= 15 is 0 Å². The highest BCUT2D eigenvalue weighted by molar-refractivity contribution is 6.29. The monoisotopic (exact) mass is 600 g/mol. The van der Waals surface area contributed by atoms with Crippen molar-refractivity contribution in [3.05, 3.63) is 115 Å². The molecule has 8 aromatic carbocycles. The number of phenolic OH excluding ortho intramolecular Hbond substituents is 5. The van der Waals surface area contributed by atoms with Gasteiger partial charge in [0.15, 0.2) is 11.5 Å². The van der Waals surface area contributed by atoms with Crippen molar-refractivity contribution < 1.29 is 29.9 Å². The normalized spacial score (nSPS) is 11.9. The molecular formula is C40H24O6. The number of hydrogen-bond acceptors (Lipinski definition) is 6. The lowest BCUT2D eigenvalue weighted by atomic mass is 9.83. The third-order valence-corrected chi connectivity index (χ3v) is 9.19. The second-order valence-corrected chi connectivity index (χ2v) is 11.6. The van der Waals surface area contributed by atoms with Gasteiger partial charge in [0.25, 0.3) is 0 Å². The van der Waals surface area contributed by atoms with Crippen molar-refractivity contribution in [2.24, 2.45) is 0 Å². The lowest BCUT2D eigenvalue weighted by Gasteiger charge is -2.20. The zero-order chi connectivity index (χ0) is 31.3. The topological polar surface area (TPSA) is 114 Å². The first-order valence-corrected chi connectivity index (χ1v) is 14.8. The van der Waals surface area contributed by atoms with Crippen LogP contribution in [0.2, 0.25) is 0 Å². The molecule has 0 radical (unpaired) electrons. The van der Waals surface area contributed by atoms with Crippen LogP contribution in [-0.2, 0) is 0 Å². The predicted molar refractivity (Wildman–Crippen MR) is 183 cm³/mol. The fourth-order valence-corrected chi connectivity index (χ4v) is 7.19. The van der Waals surface area contributed by atoms with E-state index in [1.165, 1.54) is 0 Å². The van der Waals surface area contributed by atoms with E-state index < -0.39 is 28.7 Å².